The molecule has 6 nitrogen and oxygen atoms in total. The highest BCUT2D eigenvalue weighted by molar-refractivity contribution is 5.95. The second-order valence-corrected chi connectivity index (χ2v) is 6.38. The molecule has 2 aromatic rings. The maximum absolute atomic E-state index is 13.5. The molecule has 0 saturated carbocycles. The predicted octanol–water partition coefficient (Wildman–Crippen LogP) is 2.89. The van der Waals surface area contributed by atoms with Gasteiger partial charge in [0, 0.05) is 13.1 Å². The van der Waals surface area contributed by atoms with Crippen LogP contribution in [0.4, 0.5) is 4.39 Å². The molecule has 0 aliphatic rings. The van der Waals surface area contributed by atoms with Crippen molar-refractivity contribution in [3.05, 3.63) is 66.0 Å². The van der Waals surface area contributed by atoms with Crippen LogP contribution < -0.4 is 14.8 Å². The zero-order valence-corrected chi connectivity index (χ0v) is 16.7. The van der Waals surface area contributed by atoms with Crippen molar-refractivity contribution >= 4 is 17.9 Å². The molecule has 0 heterocycles. The molecule has 2 rings (SSSR count). The van der Waals surface area contributed by atoms with Crippen molar-refractivity contribution in [2.45, 2.75) is 13.0 Å². The number of likely N-dealkylation sites (N-methyl/N-ethyl adjacent to an activating group) is 1. The summed E-state index contributed by atoms with van der Waals surface area (Å²) in [5, 5.41) is 2.63. The molecule has 0 bridgehead atoms. The van der Waals surface area contributed by atoms with E-state index in [1.165, 1.54) is 23.1 Å². The fraction of sp³-hybridized carbons (Fsp3) is 0.273. The van der Waals surface area contributed by atoms with Crippen molar-refractivity contribution in [1.82, 2.24) is 10.2 Å². The van der Waals surface area contributed by atoms with E-state index in [1.807, 2.05) is 12.1 Å². The Kier molecular flexibility index (Phi) is 8.21. The van der Waals surface area contributed by atoms with E-state index in [0.29, 0.717) is 0 Å². The highest BCUT2D eigenvalue weighted by atomic mass is 19.1. The largest absolute Gasteiger partial charge is 0.497 e. The summed E-state index contributed by atoms with van der Waals surface area (Å²) < 4.78 is 23.9. The van der Waals surface area contributed by atoms with Gasteiger partial charge in [-0.1, -0.05) is 24.3 Å². The molecule has 0 spiro atoms. The van der Waals surface area contributed by atoms with Crippen molar-refractivity contribution in [3.63, 3.8) is 0 Å². The Morgan fingerprint density at radius 3 is 2.52 bits per heavy atom. The minimum atomic E-state index is -0.707. The van der Waals surface area contributed by atoms with Crippen LogP contribution in [0.5, 0.6) is 11.5 Å². The number of hydrogen-bond acceptors (Lipinski definition) is 4. The summed E-state index contributed by atoms with van der Waals surface area (Å²) in [6.45, 7) is 2.01. The van der Waals surface area contributed by atoms with Gasteiger partial charge >= 0.3 is 0 Å². The second-order valence-electron chi connectivity index (χ2n) is 6.38. The average molecular weight is 400 g/mol. The molecule has 1 atom stereocenters. The number of amides is 2. The first kappa shape index (κ1) is 21.9. The van der Waals surface area contributed by atoms with Crippen molar-refractivity contribution in [2.24, 2.45) is 0 Å². The second kappa shape index (κ2) is 10.8. The number of carbonyl (C=O) groups excluding carboxylic acids is 2. The van der Waals surface area contributed by atoms with E-state index in [0.717, 1.165) is 11.3 Å². The normalized spacial score (nSPS) is 11.7. The summed E-state index contributed by atoms with van der Waals surface area (Å²) in [7, 11) is 3.18. The zero-order valence-electron chi connectivity index (χ0n) is 16.7. The van der Waals surface area contributed by atoms with Crippen LogP contribution in [-0.4, -0.2) is 50.1 Å². The first-order valence-electron chi connectivity index (χ1n) is 9.15. The lowest BCUT2D eigenvalue weighted by molar-refractivity contribution is -0.134. The van der Waals surface area contributed by atoms with E-state index in [9.17, 15) is 14.0 Å². The Morgan fingerprint density at radius 2 is 1.86 bits per heavy atom. The molecule has 0 aliphatic carbocycles. The fourth-order valence-corrected chi connectivity index (χ4v) is 2.51. The van der Waals surface area contributed by atoms with E-state index >= 15 is 0 Å². The number of hydrogen-bond donors (Lipinski definition) is 1. The van der Waals surface area contributed by atoms with Crippen molar-refractivity contribution in [3.8, 4) is 11.5 Å². The molecule has 0 aromatic heterocycles. The number of para-hydroxylation sites is 1. The van der Waals surface area contributed by atoms with Crippen molar-refractivity contribution < 1.29 is 23.5 Å². The Hall–Kier alpha value is -3.35. The third kappa shape index (κ3) is 6.95. The molecule has 0 saturated heterocycles. The first-order chi connectivity index (χ1) is 13.9. The van der Waals surface area contributed by atoms with Crippen LogP contribution in [0.3, 0.4) is 0 Å². The SMILES string of the molecule is COc1ccc(/C=C/C(=O)NC(C)C(=O)N(C)CCOc2ccccc2F)cc1. The van der Waals surface area contributed by atoms with Crippen LogP contribution in [-0.2, 0) is 9.59 Å². The zero-order chi connectivity index (χ0) is 21.2. The third-order valence-electron chi connectivity index (χ3n) is 4.17. The average Bonchev–Trinajstić information content (AvgIpc) is 2.73. The van der Waals surface area contributed by atoms with Crippen LogP contribution in [0.25, 0.3) is 6.08 Å². The summed E-state index contributed by atoms with van der Waals surface area (Å²) in [5.41, 5.74) is 0.836. The molecular formula is C22H25FN2O4. The maximum atomic E-state index is 13.5. The first-order valence-corrected chi connectivity index (χ1v) is 9.15. The lowest BCUT2D eigenvalue weighted by Crippen LogP contribution is -2.46. The topological polar surface area (TPSA) is 67.9 Å². The Bertz CT molecular complexity index is 852. The number of halogens is 1. The quantitative estimate of drug-likeness (QED) is 0.658. The van der Waals surface area contributed by atoms with Crippen LogP contribution in [0.15, 0.2) is 54.6 Å². The standard InChI is InChI=1S/C22H25FN2O4/c1-16(24-21(26)13-10-17-8-11-18(28-3)12-9-17)22(27)25(2)14-15-29-20-7-5-4-6-19(20)23/h4-13,16H,14-15H2,1-3H3,(H,24,26)/b13-10+. The molecule has 1 unspecified atom stereocenters. The van der Waals surface area contributed by atoms with Gasteiger partial charge in [0.15, 0.2) is 11.6 Å². The summed E-state index contributed by atoms with van der Waals surface area (Å²) in [6, 6.07) is 12.6. The number of nitrogens with one attached hydrogen (secondary N) is 1. The number of carbonyl (C=O) groups is 2. The highest BCUT2D eigenvalue weighted by Gasteiger charge is 2.18. The monoisotopic (exact) mass is 400 g/mol. The van der Waals surface area contributed by atoms with E-state index in [4.69, 9.17) is 9.47 Å². The molecule has 154 valence electrons. The lowest BCUT2D eigenvalue weighted by atomic mass is 10.2. The maximum Gasteiger partial charge on any atom is 0.244 e. The van der Waals surface area contributed by atoms with Gasteiger partial charge in [0.25, 0.3) is 0 Å². The van der Waals surface area contributed by atoms with Gasteiger partial charge in [0.2, 0.25) is 11.8 Å². The minimum absolute atomic E-state index is 0.137. The van der Waals surface area contributed by atoms with Gasteiger partial charge in [-0.3, -0.25) is 9.59 Å². The van der Waals surface area contributed by atoms with Crippen LogP contribution >= 0.6 is 0 Å². The number of nitrogens with zero attached hydrogens (tertiary/aromatic N) is 1. The van der Waals surface area contributed by atoms with Crippen molar-refractivity contribution in [2.75, 3.05) is 27.3 Å². The molecule has 0 radical (unpaired) electrons. The smallest absolute Gasteiger partial charge is 0.244 e. The molecule has 1 N–H and O–H groups in total. The van der Waals surface area contributed by atoms with E-state index in [2.05, 4.69) is 5.32 Å². The van der Waals surface area contributed by atoms with Crippen LogP contribution in [0.1, 0.15) is 12.5 Å². The highest BCUT2D eigenvalue weighted by Crippen LogP contribution is 2.15. The van der Waals surface area contributed by atoms with Gasteiger partial charge in [-0.25, -0.2) is 4.39 Å². The summed E-state index contributed by atoms with van der Waals surface area (Å²) in [6.07, 6.45) is 3.02. The Balaban J connectivity index is 1.78. The van der Waals surface area contributed by atoms with Gasteiger partial charge < -0.3 is 19.7 Å². The molecular weight excluding hydrogens is 375 g/mol. The summed E-state index contributed by atoms with van der Waals surface area (Å²) >= 11 is 0. The van der Waals surface area contributed by atoms with Crippen LogP contribution in [0, 0.1) is 5.82 Å². The fourth-order valence-electron chi connectivity index (χ4n) is 2.51. The predicted molar refractivity (Wildman–Crippen MR) is 109 cm³/mol. The van der Waals surface area contributed by atoms with Crippen molar-refractivity contribution in [1.29, 1.82) is 0 Å². The summed E-state index contributed by atoms with van der Waals surface area (Å²) in [5.74, 6) is -0.233. The molecule has 7 heteroatoms. The molecule has 2 aromatic carbocycles. The number of benzene rings is 2. The molecule has 0 aliphatic heterocycles. The Labute approximate surface area is 169 Å². The van der Waals surface area contributed by atoms with Gasteiger partial charge in [-0.15, -0.1) is 0 Å². The van der Waals surface area contributed by atoms with Crippen LogP contribution in [0.2, 0.25) is 0 Å². The number of methoxy groups -OCH3 is 1. The number of ether oxygens (including phenoxy) is 2. The van der Waals surface area contributed by atoms with E-state index in [-0.39, 0.29) is 30.7 Å². The van der Waals surface area contributed by atoms with E-state index in [1.54, 1.807) is 51.4 Å². The number of rotatable bonds is 9. The van der Waals surface area contributed by atoms with E-state index < -0.39 is 11.9 Å². The third-order valence-corrected chi connectivity index (χ3v) is 4.17. The minimum Gasteiger partial charge on any atom is -0.497 e. The Morgan fingerprint density at radius 1 is 1.17 bits per heavy atom. The van der Waals surface area contributed by atoms with Gasteiger partial charge in [0.1, 0.15) is 18.4 Å². The molecule has 2 amide bonds. The lowest BCUT2D eigenvalue weighted by Gasteiger charge is -2.22. The molecule has 0 fully saturated rings. The van der Waals surface area contributed by atoms with Gasteiger partial charge in [-0.2, -0.15) is 0 Å². The molecule has 29 heavy (non-hydrogen) atoms. The summed E-state index contributed by atoms with van der Waals surface area (Å²) in [4.78, 5) is 25.9. The van der Waals surface area contributed by atoms with Gasteiger partial charge in [-0.05, 0) is 42.8 Å². The van der Waals surface area contributed by atoms with Gasteiger partial charge in [0.05, 0.1) is 13.7 Å².